The Bertz CT molecular complexity index is 89.4. The van der Waals surface area contributed by atoms with Crippen molar-refractivity contribution >= 4 is 0 Å². The summed E-state index contributed by atoms with van der Waals surface area (Å²) in [5, 5.41) is 6.51. The molecule has 0 spiro atoms. The van der Waals surface area contributed by atoms with Gasteiger partial charge < -0.3 is 10.6 Å². The highest BCUT2D eigenvalue weighted by Gasteiger charge is 2.35. The zero-order chi connectivity index (χ0) is 7.45. The van der Waals surface area contributed by atoms with Crippen molar-refractivity contribution in [3.63, 3.8) is 0 Å². The van der Waals surface area contributed by atoms with Gasteiger partial charge in [0.1, 0.15) is 0 Å². The summed E-state index contributed by atoms with van der Waals surface area (Å²) in [6.45, 7) is 2.35. The summed E-state index contributed by atoms with van der Waals surface area (Å²) in [7, 11) is 4.07. The molecule has 2 N–H and O–H groups in total. The SMILES string of the molecule is CNCC1(CNC)CCC1. The smallest absolute Gasteiger partial charge is 0.00170 e. The highest BCUT2D eigenvalue weighted by atomic mass is 14.9. The molecule has 0 aliphatic heterocycles. The molecule has 1 fully saturated rings. The molecule has 0 unspecified atom stereocenters. The number of hydrogen-bond acceptors (Lipinski definition) is 2. The molecule has 1 aliphatic carbocycles. The molecule has 1 rings (SSSR count). The normalized spacial score (nSPS) is 22.2. The van der Waals surface area contributed by atoms with Gasteiger partial charge in [0.15, 0.2) is 0 Å². The number of nitrogens with one attached hydrogen (secondary N) is 2. The van der Waals surface area contributed by atoms with E-state index < -0.39 is 0 Å². The summed E-state index contributed by atoms with van der Waals surface area (Å²) in [5.41, 5.74) is 0.601. The van der Waals surface area contributed by atoms with Crippen molar-refractivity contribution in [3.8, 4) is 0 Å². The molecule has 0 heterocycles. The van der Waals surface area contributed by atoms with Crippen molar-refractivity contribution in [2.24, 2.45) is 5.41 Å². The van der Waals surface area contributed by atoms with Crippen molar-refractivity contribution in [3.05, 3.63) is 0 Å². The summed E-state index contributed by atoms with van der Waals surface area (Å²) in [4.78, 5) is 0. The fraction of sp³-hybridized carbons (Fsp3) is 1.00. The van der Waals surface area contributed by atoms with E-state index in [0.29, 0.717) is 5.41 Å². The molecule has 1 saturated carbocycles. The first-order valence-corrected chi connectivity index (χ1v) is 4.12. The van der Waals surface area contributed by atoms with Crippen LogP contribution in [-0.2, 0) is 0 Å². The predicted octanol–water partition coefficient (Wildman–Crippen LogP) is 0.595. The van der Waals surface area contributed by atoms with Crippen molar-refractivity contribution < 1.29 is 0 Å². The van der Waals surface area contributed by atoms with Gasteiger partial charge in [-0.1, -0.05) is 6.42 Å². The molecule has 0 amide bonds. The molecule has 2 heteroatoms. The van der Waals surface area contributed by atoms with E-state index in [0.717, 1.165) is 0 Å². The molecule has 2 nitrogen and oxygen atoms in total. The van der Waals surface area contributed by atoms with Crippen molar-refractivity contribution in [2.45, 2.75) is 19.3 Å². The average Bonchev–Trinajstić information content (AvgIpc) is 1.84. The Morgan fingerprint density at radius 3 is 1.80 bits per heavy atom. The molecule has 0 bridgehead atoms. The van der Waals surface area contributed by atoms with E-state index in [-0.39, 0.29) is 0 Å². The minimum atomic E-state index is 0.601. The maximum Gasteiger partial charge on any atom is 0.00170 e. The van der Waals surface area contributed by atoms with E-state index in [1.54, 1.807) is 0 Å². The van der Waals surface area contributed by atoms with Crippen LogP contribution in [0.4, 0.5) is 0 Å². The lowest BCUT2D eigenvalue weighted by atomic mass is 9.68. The molecule has 0 aromatic heterocycles. The van der Waals surface area contributed by atoms with Gasteiger partial charge in [0.25, 0.3) is 0 Å². The number of rotatable bonds is 4. The van der Waals surface area contributed by atoms with Gasteiger partial charge >= 0.3 is 0 Å². The Morgan fingerprint density at radius 2 is 1.60 bits per heavy atom. The van der Waals surface area contributed by atoms with Crippen LogP contribution in [0.15, 0.2) is 0 Å². The van der Waals surface area contributed by atoms with Crippen LogP contribution in [0.25, 0.3) is 0 Å². The minimum absolute atomic E-state index is 0.601. The van der Waals surface area contributed by atoms with Gasteiger partial charge in [-0.2, -0.15) is 0 Å². The third-order valence-electron chi connectivity index (χ3n) is 2.52. The second kappa shape index (κ2) is 3.35. The molecule has 0 aromatic carbocycles. The zero-order valence-electron chi connectivity index (χ0n) is 7.04. The van der Waals surface area contributed by atoms with Crippen LogP contribution in [0.5, 0.6) is 0 Å². The summed E-state index contributed by atoms with van der Waals surface area (Å²) < 4.78 is 0. The quantitative estimate of drug-likeness (QED) is 0.600. The van der Waals surface area contributed by atoms with Crippen LogP contribution < -0.4 is 10.6 Å². The van der Waals surface area contributed by atoms with E-state index in [1.807, 2.05) is 14.1 Å². The third kappa shape index (κ3) is 1.50. The Hall–Kier alpha value is -0.0800. The molecule has 60 valence electrons. The average molecular weight is 142 g/mol. The Morgan fingerprint density at radius 1 is 1.10 bits per heavy atom. The number of hydrogen-bond donors (Lipinski definition) is 2. The van der Waals surface area contributed by atoms with Gasteiger partial charge in [-0.05, 0) is 32.4 Å². The zero-order valence-corrected chi connectivity index (χ0v) is 7.04. The van der Waals surface area contributed by atoms with Gasteiger partial charge in [-0.15, -0.1) is 0 Å². The lowest BCUT2D eigenvalue weighted by Gasteiger charge is -2.41. The maximum absolute atomic E-state index is 3.26. The molecule has 0 saturated heterocycles. The van der Waals surface area contributed by atoms with Gasteiger partial charge in [-0.25, -0.2) is 0 Å². The molecule has 1 aliphatic rings. The first kappa shape index (κ1) is 8.02. The van der Waals surface area contributed by atoms with Crippen LogP contribution in [0.1, 0.15) is 19.3 Å². The fourth-order valence-electron chi connectivity index (χ4n) is 1.84. The fourth-order valence-corrected chi connectivity index (χ4v) is 1.84. The minimum Gasteiger partial charge on any atom is -0.319 e. The van der Waals surface area contributed by atoms with Crippen molar-refractivity contribution in [2.75, 3.05) is 27.2 Å². The van der Waals surface area contributed by atoms with E-state index in [4.69, 9.17) is 0 Å². The highest BCUT2D eigenvalue weighted by molar-refractivity contribution is 4.90. The first-order valence-electron chi connectivity index (χ1n) is 4.12. The van der Waals surface area contributed by atoms with E-state index in [9.17, 15) is 0 Å². The van der Waals surface area contributed by atoms with Crippen LogP contribution in [0.3, 0.4) is 0 Å². The monoisotopic (exact) mass is 142 g/mol. The molecule has 0 aromatic rings. The van der Waals surface area contributed by atoms with Crippen LogP contribution in [-0.4, -0.2) is 27.2 Å². The largest absolute Gasteiger partial charge is 0.319 e. The second-order valence-corrected chi connectivity index (χ2v) is 3.41. The molecule has 10 heavy (non-hydrogen) atoms. The molecular formula is C8H18N2. The Kier molecular flexibility index (Phi) is 2.69. The van der Waals surface area contributed by atoms with Crippen LogP contribution >= 0.6 is 0 Å². The van der Waals surface area contributed by atoms with Crippen LogP contribution in [0, 0.1) is 5.41 Å². The summed E-state index contributed by atoms with van der Waals surface area (Å²) in [6.07, 6.45) is 4.22. The van der Waals surface area contributed by atoms with Crippen LogP contribution in [0.2, 0.25) is 0 Å². The summed E-state index contributed by atoms with van der Waals surface area (Å²) in [6, 6.07) is 0. The highest BCUT2D eigenvalue weighted by Crippen LogP contribution is 2.39. The molecule has 0 atom stereocenters. The van der Waals surface area contributed by atoms with E-state index >= 15 is 0 Å². The van der Waals surface area contributed by atoms with Gasteiger partial charge in [0, 0.05) is 13.1 Å². The van der Waals surface area contributed by atoms with Gasteiger partial charge in [0.2, 0.25) is 0 Å². The Labute approximate surface area is 63.4 Å². The lowest BCUT2D eigenvalue weighted by Crippen LogP contribution is -2.45. The summed E-state index contributed by atoms with van der Waals surface area (Å²) in [5.74, 6) is 0. The maximum atomic E-state index is 3.26. The summed E-state index contributed by atoms with van der Waals surface area (Å²) >= 11 is 0. The third-order valence-corrected chi connectivity index (χ3v) is 2.52. The van der Waals surface area contributed by atoms with Gasteiger partial charge in [-0.3, -0.25) is 0 Å². The predicted molar refractivity (Wildman–Crippen MR) is 44.1 cm³/mol. The molecule has 0 radical (unpaired) electrons. The van der Waals surface area contributed by atoms with Gasteiger partial charge in [0.05, 0.1) is 0 Å². The van der Waals surface area contributed by atoms with Crippen molar-refractivity contribution in [1.82, 2.24) is 10.6 Å². The Balaban J connectivity index is 2.27. The van der Waals surface area contributed by atoms with E-state index in [2.05, 4.69) is 10.6 Å². The van der Waals surface area contributed by atoms with E-state index in [1.165, 1.54) is 32.4 Å². The first-order chi connectivity index (χ1) is 4.83. The second-order valence-electron chi connectivity index (χ2n) is 3.41. The standard InChI is InChI=1S/C8H18N2/c1-9-6-8(7-10-2)4-3-5-8/h9-10H,3-7H2,1-2H3. The van der Waals surface area contributed by atoms with Crippen molar-refractivity contribution in [1.29, 1.82) is 0 Å². The lowest BCUT2D eigenvalue weighted by molar-refractivity contribution is 0.134. The molecular weight excluding hydrogens is 124 g/mol. The topological polar surface area (TPSA) is 24.1 Å².